The van der Waals surface area contributed by atoms with Crippen LogP contribution in [0.5, 0.6) is 5.75 Å². The standard InChI is InChI=1S/C34H45NO5/c1-2-3-4-5-6-7-8-9-10-11-12-13-14-15-18-25-39-33(37)27-21-23-28(24-22-27)35-26-30-32(36)29-19-16-17-20-31(29)40-34(30)38/h16-17,19-24,26,36H,2-15,18,25H2,1H3. The number of ether oxygens (including phenoxy) is 1. The van der Waals surface area contributed by atoms with E-state index < -0.39 is 5.63 Å². The van der Waals surface area contributed by atoms with Gasteiger partial charge in [0.15, 0.2) is 0 Å². The molecule has 0 radical (unpaired) electrons. The normalized spacial score (nSPS) is 11.4. The Labute approximate surface area is 238 Å². The first-order valence-electron chi connectivity index (χ1n) is 15.2. The fraction of sp³-hybridized carbons (Fsp3) is 0.500. The Morgan fingerprint density at radius 2 is 1.35 bits per heavy atom. The number of aromatic hydroxyl groups is 1. The lowest BCUT2D eigenvalue weighted by molar-refractivity contribution is 0.0497. The molecule has 0 spiro atoms. The average Bonchev–Trinajstić information content (AvgIpc) is 2.97. The predicted octanol–water partition coefficient (Wildman–Crippen LogP) is 9.28. The summed E-state index contributed by atoms with van der Waals surface area (Å²) >= 11 is 0. The van der Waals surface area contributed by atoms with Gasteiger partial charge in [0.2, 0.25) is 0 Å². The molecule has 6 nitrogen and oxygen atoms in total. The van der Waals surface area contributed by atoms with Crippen molar-refractivity contribution in [3.05, 3.63) is 70.1 Å². The summed E-state index contributed by atoms with van der Waals surface area (Å²) in [5, 5.41) is 10.9. The van der Waals surface area contributed by atoms with Gasteiger partial charge in [-0.15, -0.1) is 0 Å². The minimum atomic E-state index is -0.668. The monoisotopic (exact) mass is 547 g/mol. The maximum absolute atomic E-state index is 12.3. The topological polar surface area (TPSA) is 89.1 Å². The summed E-state index contributed by atoms with van der Waals surface area (Å²) in [5.41, 5.74) is 0.609. The molecular formula is C34H45NO5. The van der Waals surface area contributed by atoms with Gasteiger partial charge in [-0.1, -0.05) is 109 Å². The number of nitrogens with zero attached hydrogens (tertiary/aromatic N) is 1. The van der Waals surface area contributed by atoms with Gasteiger partial charge in [-0.2, -0.15) is 0 Å². The zero-order valence-corrected chi connectivity index (χ0v) is 24.0. The molecule has 6 heteroatoms. The number of hydrogen-bond acceptors (Lipinski definition) is 6. The third kappa shape index (κ3) is 10.6. The van der Waals surface area contributed by atoms with Crippen molar-refractivity contribution in [1.29, 1.82) is 0 Å². The SMILES string of the molecule is CCCCCCCCCCCCCCCCCOC(=O)c1ccc(N=Cc2c(O)c3ccccc3oc2=O)cc1. The van der Waals surface area contributed by atoms with Crippen LogP contribution in [0.2, 0.25) is 0 Å². The van der Waals surface area contributed by atoms with E-state index in [1.165, 1.54) is 89.7 Å². The number of rotatable bonds is 19. The Kier molecular flexibility index (Phi) is 14.0. The van der Waals surface area contributed by atoms with Crippen LogP contribution in [0.1, 0.15) is 119 Å². The van der Waals surface area contributed by atoms with Gasteiger partial charge in [-0.3, -0.25) is 4.99 Å². The summed E-state index contributed by atoms with van der Waals surface area (Å²) in [6.07, 6.45) is 20.8. The summed E-state index contributed by atoms with van der Waals surface area (Å²) in [4.78, 5) is 28.8. The quantitative estimate of drug-likeness (QED) is 0.0699. The second-order valence-electron chi connectivity index (χ2n) is 10.5. The third-order valence-corrected chi connectivity index (χ3v) is 7.25. The zero-order chi connectivity index (χ0) is 28.4. The number of carbonyl (C=O) groups is 1. The number of para-hydroxylation sites is 1. The van der Waals surface area contributed by atoms with Gasteiger partial charge in [-0.25, -0.2) is 9.59 Å². The predicted molar refractivity (Wildman–Crippen MR) is 163 cm³/mol. The lowest BCUT2D eigenvalue weighted by Crippen LogP contribution is -2.07. The van der Waals surface area contributed by atoms with Crippen LogP contribution >= 0.6 is 0 Å². The molecule has 0 unspecified atom stereocenters. The Bertz CT molecular complexity index is 1250. The minimum Gasteiger partial charge on any atom is -0.506 e. The van der Waals surface area contributed by atoms with E-state index in [0.717, 1.165) is 12.8 Å². The summed E-state index contributed by atoms with van der Waals surface area (Å²) in [7, 11) is 0. The summed E-state index contributed by atoms with van der Waals surface area (Å²) < 4.78 is 10.7. The van der Waals surface area contributed by atoms with Gasteiger partial charge in [-0.05, 0) is 42.8 Å². The van der Waals surface area contributed by atoms with Crippen LogP contribution in [0.15, 0.2) is 62.7 Å². The number of benzene rings is 2. The molecule has 0 aliphatic rings. The van der Waals surface area contributed by atoms with Gasteiger partial charge in [0.05, 0.1) is 23.2 Å². The van der Waals surface area contributed by atoms with Crippen LogP contribution in [0.3, 0.4) is 0 Å². The van der Waals surface area contributed by atoms with Crippen LogP contribution in [0, 0.1) is 0 Å². The van der Waals surface area contributed by atoms with Crippen molar-refractivity contribution in [3.63, 3.8) is 0 Å². The van der Waals surface area contributed by atoms with E-state index >= 15 is 0 Å². The molecule has 0 saturated carbocycles. The fourth-order valence-electron chi connectivity index (χ4n) is 4.81. The van der Waals surface area contributed by atoms with Crippen LogP contribution in [0.25, 0.3) is 11.0 Å². The number of esters is 1. The summed E-state index contributed by atoms with van der Waals surface area (Å²) in [6, 6.07) is 13.4. The van der Waals surface area contributed by atoms with E-state index in [2.05, 4.69) is 11.9 Å². The first-order chi connectivity index (χ1) is 19.6. The number of hydrogen-bond donors (Lipinski definition) is 1. The molecule has 40 heavy (non-hydrogen) atoms. The molecule has 1 heterocycles. The highest BCUT2D eigenvalue weighted by Gasteiger charge is 2.12. The van der Waals surface area contributed by atoms with Gasteiger partial charge in [0, 0.05) is 6.21 Å². The van der Waals surface area contributed by atoms with E-state index in [1.807, 2.05) is 0 Å². The molecule has 3 aromatic rings. The molecule has 3 rings (SSSR count). The highest BCUT2D eigenvalue weighted by molar-refractivity contribution is 5.94. The van der Waals surface area contributed by atoms with Gasteiger partial charge in [0.1, 0.15) is 16.9 Å². The first kappa shape index (κ1) is 31.1. The zero-order valence-electron chi connectivity index (χ0n) is 24.0. The van der Waals surface area contributed by atoms with E-state index in [4.69, 9.17) is 9.15 Å². The largest absolute Gasteiger partial charge is 0.506 e. The van der Waals surface area contributed by atoms with E-state index in [0.29, 0.717) is 28.8 Å². The van der Waals surface area contributed by atoms with Gasteiger partial charge < -0.3 is 14.3 Å². The molecule has 2 aromatic carbocycles. The third-order valence-electron chi connectivity index (χ3n) is 7.25. The molecule has 0 saturated heterocycles. The molecular weight excluding hydrogens is 502 g/mol. The maximum atomic E-state index is 12.3. The second kappa shape index (κ2) is 18.0. The molecule has 216 valence electrons. The molecule has 0 amide bonds. The van der Waals surface area contributed by atoms with Crippen molar-refractivity contribution >= 4 is 28.8 Å². The molecule has 1 N–H and O–H groups in total. The van der Waals surface area contributed by atoms with Crippen molar-refractivity contribution in [3.8, 4) is 5.75 Å². The van der Waals surface area contributed by atoms with Crippen LogP contribution < -0.4 is 5.63 Å². The molecule has 0 atom stereocenters. The summed E-state index contributed by atoms with van der Waals surface area (Å²) in [5.74, 6) is -0.525. The Hall–Kier alpha value is -3.41. The lowest BCUT2D eigenvalue weighted by Gasteiger charge is -2.06. The van der Waals surface area contributed by atoms with Crippen molar-refractivity contribution in [2.24, 2.45) is 4.99 Å². The molecule has 0 aliphatic carbocycles. The first-order valence-corrected chi connectivity index (χ1v) is 15.2. The fourth-order valence-corrected chi connectivity index (χ4v) is 4.81. The van der Waals surface area contributed by atoms with E-state index in [-0.39, 0.29) is 17.3 Å². The highest BCUT2D eigenvalue weighted by atomic mass is 16.5. The lowest BCUT2D eigenvalue weighted by atomic mass is 10.0. The average molecular weight is 548 g/mol. The Balaban J connectivity index is 1.26. The number of carbonyl (C=O) groups excluding carboxylic acids is 1. The van der Waals surface area contributed by atoms with Crippen LogP contribution in [-0.4, -0.2) is 23.9 Å². The Morgan fingerprint density at radius 3 is 1.95 bits per heavy atom. The minimum absolute atomic E-state index is 0.0225. The summed E-state index contributed by atoms with van der Waals surface area (Å²) in [6.45, 7) is 2.69. The van der Waals surface area contributed by atoms with Gasteiger partial charge in [0.25, 0.3) is 0 Å². The van der Waals surface area contributed by atoms with Crippen LogP contribution in [0.4, 0.5) is 5.69 Å². The number of fused-ring (bicyclic) bond motifs is 1. The highest BCUT2D eigenvalue weighted by Crippen LogP contribution is 2.25. The number of unbranched alkanes of at least 4 members (excludes halogenated alkanes) is 14. The van der Waals surface area contributed by atoms with Crippen molar-refractivity contribution < 1.29 is 19.1 Å². The van der Waals surface area contributed by atoms with Crippen LogP contribution in [-0.2, 0) is 4.74 Å². The molecule has 0 fully saturated rings. The molecule has 0 aliphatic heterocycles. The van der Waals surface area contributed by atoms with E-state index in [1.54, 1.807) is 48.5 Å². The van der Waals surface area contributed by atoms with Crippen molar-refractivity contribution in [1.82, 2.24) is 0 Å². The van der Waals surface area contributed by atoms with E-state index in [9.17, 15) is 14.7 Å². The smallest absolute Gasteiger partial charge is 0.348 e. The maximum Gasteiger partial charge on any atom is 0.348 e. The Morgan fingerprint density at radius 1 is 0.800 bits per heavy atom. The van der Waals surface area contributed by atoms with Crippen molar-refractivity contribution in [2.45, 2.75) is 103 Å². The molecule has 0 bridgehead atoms. The number of aliphatic imine (C=N–C) groups is 1. The molecule has 1 aromatic heterocycles. The van der Waals surface area contributed by atoms with Crippen molar-refractivity contribution in [2.75, 3.05) is 6.61 Å². The van der Waals surface area contributed by atoms with Gasteiger partial charge >= 0.3 is 11.6 Å². The second-order valence-corrected chi connectivity index (χ2v) is 10.5.